The number of aromatic nitrogens is 3. The number of nitrogens with two attached hydrogens (primary N) is 1. The van der Waals surface area contributed by atoms with Crippen LogP contribution in [0.5, 0.6) is 0 Å². The summed E-state index contributed by atoms with van der Waals surface area (Å²) >= 11 is 0. The Morgan fingerprint density at radius 3 is 2.39 bits per heavy atom. The summed E-state index contributed by atoms with van der Waals surface area (Å²) in [5.41, 5.74) is 7.48. The molecule has 0 atom stereocenters. The molecule has 4 rings (SSSR count). The summed E-state index contributed by atoms with van der Waals surface area (Å²) in [4.78, 5) is 41.3. The van der Waals surface area contributed by atoms with E-state index in [0.717, 1.165) is 5.69 Å². The molecule has 0 bridgehead atoms. The summed E-state index contributed by atoms with van der Waals surface area (Å²) in [5, 5.41) is 20.2. The van der Waals surface area contributed by atoms with Gasteiger partial charge >= 0.3 is 0 Å². The van der Waals surface area contributed by atoms with E-state index in [1.54, 1.807) is 36.4 Å². The molecule has 1 aromatic heterocycles. The summed E-state index contributed by atoms with van der Waals surface area (Å²) in [7, 11) is 0. The molecule has 1 aliphatic rings. The van der Waals surface area contributed by atoms with Gasteiger partial charge in [-0.1, -0.05) is 12.1 Å². The second-order valence-corrected chi connectivity index (χ2v) is 9.67. The number of piperazine rings is 1. The van der Waals surface area contributed by atoms with E-state index in [4.69, 9.17) is 15.2 Å². The van der Waals surface area contributed by atoms with Gasteiger partial charge in [0, 0.05) is 74.9 Å². The number of nitro benzene ring substituents is 1. The van der Waals surface area contributed by atoms with Crippen LogP contribution < -0.4 is 31.5 Å². The minimum Gasteiger partial charge on any atom is -0.378 e. The van der Waals surface area contributed by atoms with E-state index in [9.17, 15) is 14.9 Å². The first-order chi connectivity index (χ1) is 21.5. The molecule has 0 unspecified atom stereocenters. The van der Waals surface area contributed by atoms with Gasteiger partial charge in [-0.05, 0) is 30.3 Å². The Bertz CT molecular complexity index is 1380. The topological polar surface area (TPSA) is 186 Å². The van der Waals surface area contributed by atoms with Gasteiger partial charge in [0.05, 0.1) is 31.4 Å². The van der Waals surface area contributed by atoms with Gasteiger partial charge in [0.15, 0.2) is 0 Å². The number of carbonyl (C=O) groups is 1. The van der Waals surface area contributed by atoms with Crippen LogP contribution in [0.2, 0.25) is 0 Å². The molecule has 15 heteroatoms. The molecular formula is C29H38N10O5. The van der Waals surface area contributed by atoms with E-state index in [0.29, 0.717) is 101 Å². The molecular weight excluding hydrogens is 568 g/mol. The van der Waals surface area contributed by atoms with Gasteiger partial charge in [0.2, 0.25) is 17.8 Å². The summed E-state index contributed by atoms with van der Waals surface area (Å²) < 4.78 is 10.7. The highest BCUT2D eigenvalue weighted by Crippen LogP contribution is 2.23. The lowest BCUT2D eigenvalue weighted by Crippen LogP contribution is -2.47. The maximum atomic E-state index is 12.7. The minimum atomic E-state index is -0.404. The fraction of sp³-hybridized carbons (Fsp3) is 0.379. The Kier molecular flexibility index (Phi) is 12.2. The normalized spacial score (nSPS) is 12.9. The summed E-state index contributed by atoms with van der Waals surface area (Å²) in [6, 6.07) is 13.6. The van der Waals surface area contributed by atoms with Crippen LogP contribution in [-0.4, -0.2) is 98.0 Å². The first-order valence-corrected chi connectivity index (χ1v) is 14.3. The van der Waals surface area contributed by atoms with Gasteiger partial charge in [-0.15, -0.1) is 6.58 Å². The second-order valence-electron chi connectivity index (χ2n) is 9.67. The van der Waals surface area contributed by atoms with Crippen LogP contribution in [0.4, 0.5) is 34.9 Å². The average molecular weight is 607 g/mol. The zero-order valence-corrected chi connectivity index (χ0v) is 24.5. The van der Waals surface area contributed by atoms with E-state index in [1.165, 1.54) is 12.1 Å². The SMILES string of the molecule is C=CCNc1nc(Nc2cccc(C(=O)NCCOCCOCCN)c2)nc(N2CCN(c3ccc([N+](=O)[O-])cc3)CC2)n1. The van der Waals surface area contributed by atoms with Gasteiger partial charge in [-0.3, -0.25) is 14.9 Å². The maximum Gasteiger partial charge on any atom is 0.269 e. The zero-order chi connectivity index (χ0) is 31.1. The second kappa shape index (κ2) is 16.7. The molecule has 3 aromatic rings. The lowest BCUT2D eigenvalue weighted by Gasteiger charge is -2.36. The number of rotatable bonds is 17. The van der Waals surface area contributed by atoms with Crippen molar-refractivity contribution in [2.24, 2.45) is 5.73 Å². The number of anilines is 5. The zero-order valence-electron chi connectivity index (χ0n) is 24.5. The number of carbonyl (C=O) groups excluding carboxylic acids is 1. The van der Waals surface area contributed by atoms with Crippen LogP contribution in [0.3, 0.4) is 0 Å². The number of amides is 1. The van der Waals surface area contributed by atoms with Crippen LogP contribution in [0, 0.1) is 10.1 Å². The Labute approximate surface area is 255 Å². The molecule has 0 saturated carbocycles. The Balaban J connectivity index is 1.36. The largest absolute Gasteiger partial charge is 0.378 e. The quantitative estimate of drug-likeness (QED) is 0.0759. The number of ether oxygens (including phenoxy) is 2. The molecule has 1 fully saturated rings. The van der Waals surface area contributed by atoms with Crippen molar-refractivity contribution < 1.29 is 19.2 Å². The van der Waals surface area contributed by atoms with Crippen LogP contribution >= 0.6 is 0 Å². The highest BCUT2D eigenvalue weighted by atomic mass is 16.6. The third kappa shape index (κ3) is 9.58. The Morgan fingerprint density at radius 1 is 0.977 bits per heavy atom. The molecule has 0 radical (unpaired) electrons. The van der Waals surface area contributed by atoms with Crippen molar-refractivity contribution in [3.8, 4) is 0 Å². The summed E-state index contributed by atoms with van der Waals surface area (Å²) in [5.74, 6) is 0.978. The van der Waals surface area contributed by atoms with E-state index < -0.39 is 4.92 Å². The van der Waals surface area contributed by atoms with E-state index in [-0.39, 0.29) is 11.6 Å². The van der Waals surface area contributed by atoms with Gasteiger partial charge in [0.25, 0.3) is 11.6 Å². The molecule has 0 aliphatic carbocycles. The van der Waals surface area contributed by atoms with Crippen molar-refractivity contribution >= 4 is 40.8 Å². The van der Waals surface area contributed by atoms with E-state index >= 15 is 0 Å². The monoisotopic (exact) mass is 606 g/mol. The van der Waals surface area contributed by atoms with Crippen LogP contribution in [-0.2, 0) is 9.47 Å². The third-order valence-electron chi connectivity index (χ3n) is 6.56. The van der Waals surface area contributed by atoms with Crippen molar-refractivity contribution in [1.29, 1.82) is 0 Å². The van der Waals surface area contributed by atoms with Gasteiger partial charge in [0.1, 0.15) is 0 Å². The molecule has 0 spiro atoms. The fourth-order valence-corrected chi connectivity index (χ4v) is 4.37. The Morgan fingerprint density at radius 2 is 1.68 bits per heavy atom. The van der Waals surface area contributed by atoms with Crippen molar-refractivity contribution in [2.45, 2.75) is 0 Å². The molecule has 1 aliphatic heterocycles. The number of nitrogens with zero attached hydrogens (tertiary/aromatic N) is 6. The number of nitrogens with one attached hydrogen (secondary N) is 3. The van der Waals surface area contributed by atoms with Gasteiger partial charge in [-0.2, -0.15) is 15.0 Å². The van der Waals surface area contributed by atoms with Crippen molar-refractivity contribution in [3.63, 3.8) is 0 Å². The van der Waals surface area contributed by atoms with Crippen LogP contribution in [0.25, 0.3) is 0 Å². The minimum absolute atomic E-state index is 0.0640. The first-order valence-electron chi connectivity index (χ1n) is 14.3. The predicted molar refractivity (Wildman–Crippen MR) is 169 cm³/mol. The summed E-state index contributed by atoms with van der Waals surface area (Å²) in [6.45, 7) is 9.45. The number of nitro groups is 1. The van der Waals surface area contributed by atoms with Gasteiger partial charge in [-0.25, -0.2) is 0 Å². The number of hydrogen-bond donors (Lipinski definition) is 4. The molecule has 234 valence electrons. The molecule has 44 heavy (non-hydrogen) atoms. The summed E-state index contributed by atoms with van der Waals surface area (Å²) in [6.07, 6.45) is 1.71. The smallest absolute Gasteiger partial charge is 0.269 e. The van der Waals surface area contributed by atoms with E-state index in [2.05, 4.69) is 47.3 Å². The highest BCUT2D eigenvalue weighted by molar-refractivity contribution is 5.95. The standard InChI is InChI=1S/C29H38N10O5/c1-2-11-32-27-34-28(33-23-5-3-4-22(21-23)26(40)31-12-18-44-20-19-43-17-10-30)36-29(35-27)38-15-13-37(14-16-38)24-6-8-25(9-7-24)39(41)42/h2-9,21H,1,10-20,30H2,(H,31,40)(H2,32,33,34,35,36). The number of non-ortho nitro benzene ring substituents is 1. The molecule has 1 amide bonds. The number of hydrogen-bond acceptors (Lipinski definition) is 13. The lowest BCUT2D eigenvalue weighted by molar-refractivity contribution is -0.384. The molecule has 2 heterocycles. The van der Waals surface area contributed by atoms with Crippen molar-refractivity contribution in [3.05, 3.63) is 76.9 Å². The maximum absolute atomic E-state index is 12.7. The first kappa shape index (κ1) is 32.1. The third-order valence-corrected chi connectivity index (χ3v) is 6.56. The lowest BCUT2D eigenvalue weighted by atomic mass is 10.2. The van der Waals surface area contributed by atoms with Crippen molar-refractivity contribution in [2.75, 3.05) is 92.7 Å². The molecule has 5 N–H and O–H groups in total. The Hall–Kier alpha value is -4.86. The molecule has 15 nitrogen and oxygen atoms in total. The van der Waals surface area contributed by atoms with Crippen molar-refractivity contribution in [1.82, 2.24) is 20.3 Å². The molecule has 2 aromatic carbocycles. The highest BCUT2D eigenvalue weighted by Gasteiger charge is 2.21. The average Bonchev–Trinajstić information content (AvgIpc) is 3.05. The number of benzene rings is 2. The van der Waals surface area contributed by atoms with Gasteiger partial charge < -0.3 is 41.0 Å². The van der Waals surface area contributed by atoms with E-state index in [1.807, 2.05) is 6.07 Å². The molecule has 1 saturated heterocycles. The predicted octanol–water partition coefficient (Wildman–Crippen LogP) is 2.17. The van der Waals surface area contributed by atoms with Crippen LogP contribution in [0.1, 0.15) is 10.4 Å². The fourth-order valence-electron chi connectivity index (χ4n) is 4.37. The van der Waals surface area contributed by atoms with Crippen LogP contribution in [0.15, 0.2) is 61.2 Å².